The Labute approximate surface area is 290 Å². The maximum absolute atomic E-state index is 12.5. The SMILES string of the molecule is C[C@@H]1O[C@@H](O[C@@H]2C=C3CC[C@@H]4[C@H](C[C@@H](O)[C@]5(C)[C@@H](c6ccc(=O)oc6)CC[C@]45O)[C@@]3(C)CC2)[C@H](O)[C@@H](O)[C@H]1O[C@@H]1O[C@H](CO)[C@@H](O)[C@H](O)[C@H]1O. The molecule has 1 aromatic rings. The van der Waals surface area contributed by atoms with Gasteiger partial charge < -0.3 is 64.2 Å². The van der Waals surface area contributed by atoms with Gasteiger partial charge in [0.25, 0.3) is 0 Å². The monoisotopic (exact) mass is 708 g/mol. The molecule has 7 rings (SSSR count). The van der Waals surface area contributed by atoms with Crippen LogP contribution in [0.3, 0.4) is 0 Å². The fraction of sp³-hybridized carbons (Fsp3) is 0.806. The second-order valence-electron chi connectivity index (χ2n) is 16.0. The summed E-state index contributed by atoms with van der Waals surface area (Å²) in [4.78, 5) is 11.6. The standard InChI is InChI=1S/C36H52O14/c1-16-31(50-33-29(43)27(41)26(40)23(14-37)49-33)28(42)30(44)32(47-16)48-19-8-10-34(2)18(12-19)5-6-21-22(34)13-24(38)35(3)20(9-11-36(21,35)45)17-4-7-25(39)46-15-17/h4,7,12,15-16,19-24,26-33,37-38,40-45H,5-6,8-11,13-14H2,1-3H3/t16-,19-,20+,21+,22-,23+,24+,26+,27-,28+,29+,30+,31-,32-,33-,34-,35-,36-/m0/s1. The van der Waals surface area contributed by atoms with Gasteiger partial charge in [0.05, 0.1) is 36.8 Å². The number of hydrogen-bond donors (Lipinski definition) is 8. The minimum absolute atomic E-state index is 0.0303. The van der Waals surface area contributed by atoms with E-state index in [0.717, 1.165) is 24.8 Å². The molecule has 0 unspecified atom stereocenters. The zero-order valence-corrected chi connectivity index (χ0v) is 28.7. The Morgan fingerprint density at radius 2 is 1.58 bits per heavy atom. The summed E-state index contributed by atoms with van der Waals surface area (Å²) >= 11 is 0. The molecular weight excluding hydrogens is 656 g/mol. The summed E-state index contributed by atoms with van der Waals surface area (Å²) in [6.45, 7) is 5.16. The summed E-state index contributed by atoms with van der Waals surface area (Å²) < 4.78 is 28.6. The predicted molar refractivity (Wildman–Crippen MR) is 172 cm³/mol. The van der Waals surface area contributed by atoms with Crippen LogP contribution in [0, 0.1) is 22.7 Å². The van der Waals surface area contributed by atoms with E-state index in [9.17, 15) is 45.6 Å². The molecule has 50 heavy (non-hydrogen) atoms. The van der Waals surface area contributed by atoms with Gasteiger partial charge in [0.2, 0.25) is 0 Å². The topological polar surface area (TPSA) is 229 Å². The maximum Gasteiger partial charge on any atom is 0.335 e. The molecule has 2 saturated heterocycles. The van der Waals surface area contributed by atoms with E-state index in [0.29, 0.717) is 25.7 Å². The zero-order valence-electron chi connectivity index (χ0n) is 28.7. The second-order valence-corrected chi connectivity index (χ2v) is 16.0. The van der Waals surface area contributed by atoms with E-state index < -0.39 is 96.9 Å². The van der Waals surface area contributed by atoms with E-state index in [1.807, 2.05) is 6.92 Å². The summed E-state index contributed by atoms with van der Waals surface area (Å²) in [5.41, 5.74) is -0.630. The molecule has 6 aliphatic rings. The first-order chi connectivity index (χ1) is 23.6. The van der Waals surface area contributed by atoms with Crippen LogP contribution in [-0.4, -0.2) is 127 Å². The number of allylic oxidation sites excluding steroid dienone is 1. The van der Waals surface area contributed by atoms with Gasteiger partial charge in [0.15, 0.2) is 12.6 Å². The van der Waals surface area contributed by atoms with Crippen molar-refractivity contribution in [2.75, 3.05) is 6.61 Å². The molecule has 3 heterocycles. The fourth-order valence-electron chi connectivity index (χ4n) is 10.7. The number of fused-ring (bicyclic) bond motifs is 5. The van der Waals surface area contributed by atoms with Crippen LogP contribution in [0.15, 0.2) is 39.3 Å². The largest absolute Gasteiger partial charge is 0.431 e. The fourth-order valence-corrected chi connectivity index (χ4v) is 10.7. The molecule has 18 atom stereocenters. The molecule has 8 N–H and O–H groups in total. The van der Waals surface area contributed by atoms with Crippen LogP contribution in [-0.2, 0) is 18.9 Å². The molecule has 4 aliphatic carbocycles. The smallest absolute Gasteiger partial charge is 0.335 e. The molecule has 0 bridgehead atoms. The maximum atomic E-state index is 12.5. The van der Waals surface area contributed by atoms with Crippen molar-refractivity contribution in [3.8, 4) is 0 Å². The summed E-state index contributed by atoms with van der Waals surface area (Å²) in [6, 6.07) is 3.14. The van der Waals surface area contributed by atoms with Crippen molar-refractivity contribution in [2.45, 2.75) is 151 Å². The molecule has 5 fully saturated rings. The van der Waals surface area contributed by atoms with Crippen molar-refractivity contribution < 1.29 is 64.2 Å². The third-order valence-corrected chi connectivity index (χ3v) is 13.7. The lowest BCUT2D eigenvalue weighted by molar-refractivity contribution is -0.357. The van der Waals surface area contributed by atoms with Crippen LogP contribution in [0.5, 0.6) is 0 Å². The average molecular weight is 709 g/mol. The first kappa shape index (κ1) is 36.6. The van der Waals surface area contributed by atoms with Crippen molar-refractivity contribution in [1.82, 2.24) is 0 Å². The lowest BCUT2D eigenvalue weighted by Gasteiger charge is -2.63. The van der Waals surface area contributed by atoms with E-state index in [2.05, 4.69) is 13.0 Å². The van der Waals surface area contributed by atoms with Gasteiger partial charge in [-0.1, -0.05) is 25.5 Å². The predicted octanol–water partition coefficient (Wildman–Crippen LogP) is -0.191. The molecule has 14 heteroatoms. The van der Waals surface area contributed by atoms with Crippen LogP contribution in [0.2, 0.25) is 0 Å². The normalized spacial score (nSPS) is 52.1. The third kappa shape index (κ3) is 5.57. The minimum Gasteiger partial charge on any atom is -0.431 e. The van der Waals surface area contributed by atoms with Crippen LogP contribution < -0.4 is 5.63 Å². The Hall–Kier alpha value is -1.79. The lowest BCUT2D eigenvalue weighted by atomic mass is 9.44. The lowest BCUT2D eigenvalue weighted by Crippen LogP contribution is -2.65. The summed E-state index contributed by atoms with van der Waals surface area (Å²) in [7, 11) is 0. The van der Waals surface area contributed by atoms with E-state index in [1.54, 1.807) is 13.0 Å². The second kappa shape index (κ2) is 13.3. The average Bonchev–Trinajstić information content (AvgIpc) is 3.38. The number of hydrogen-bond acceptors (Lipinski definition) is 14. The molecule has 1 aromatic heterocycles. The van der Waals surface area contributed by atoms with Gasteiger partial charge in [-0.05, 0) is 86.7 Å². The van der Waals surface area contributed by atoms with Crippen LogP contribution in [0.25, 0.3) is 0 Å². The van der Waals surface area contributed by atoms with Crippen LogP contribution in [0.1, 0.15) is 77.2 Å². The molecule has 0 radical (unpaired) electrons. The first-order valence-electron chi connectivity index (χ1n) is 18.0. The summed E-state index contributed by atoms with van der Waals surface area (Å²) in [6.07, 6.45) is -7.05. The van der Waals surface area contributed by atoms with Gasteiger partial charge >= 0.3 is 5.63 Å². The van der Waals surface area contributed by atoms with Crippen molar-refractivity contribution in [3.05, 3.63) is 46.0 Å². The van der Waals surface area contributed by atoms with Gasteiger partial charge in [0.1, 0.15) is 42.7 Å². The Kier molecular flexibility index (Phi) is 9.69. The van der Waals surface area contributed by atoms with Gasteiger partial charge in [-0.15, -0.1) is 0 Å². The van der Waals surface area contributed by atoms with E-state index in [-0.39, 0.29) is 23.2 Å². The van der Waals surface area contributed by atoms with Crippen molar-refractivity contribution in [1.29, 1.82) is 0 Å². The Bertz CT molecular complexity index is 1460. The van der Waals surface area contributed by atoms with E-state index in [1.165, 1.54) is 17.9 Å². The van der Waals surface area contributed by atoms with Gasteiger partial charge in [-0.3, -0.25) is 0 Å². The molecule has 2 aliphatic heterocycles. The highest BCUT2D eigenvalue weighted by atomic mass is 16.7. The van der Waals surface area contributed by atoms with E-state index in [4.69, 9.17) is 23.4 Å². The highest BCUT2D eigenvalue weighted by Crippen LogP contribution is 2.70. The third-order valence-electron chi connectivity index (χ3n) is 13.7. The summed E-state index contributed by atoms with van der Waals surface area (Å²) in [5.74, 6) is -0.150. The highest BCUT2D eigenvalue weighted by Gasteiger charge is 2.70. The Morgan fingerprint density at radius 3 is 2.28 bits per heavy atom. The summed E-state index contributed by atoms with van der Waals surface area (Å²) in [5, 5.41) is 86.6. The number of aliphatic hydroxyl groups is 8. The molecule has 0 amide bonds. The van der Waals surface area contributed by atoms with E-state index >= 15 is 0 Å². The Balaban J connectivity index is 1.03. The molecular formula is C36H52O14. The molecule has 280 valence electrons. The van der Waals surface area contributed by atoms with Gasteiger partial charge in [-0.25, -0.2) is 4.79 Å². The van der Waals surface area contributed by atoms with Gasteiger partial charge in [0, 0.05) is 11.5 Å². The van der Waals surface area contributed by atoms with Crippen molar-refractivity contribution in [3.63, 3.8) is 0 Å². The molecule has 14 nitrogen and oxygen atoms in total. The number of ether oxygens (including phenoxy) is 4. The Morgan fingerprint density at radius 1 is 0.860 bits per heavy atom. The zero-order chi connectivity index (χ0) is 35.9. The van der Waals surface area contributed by atoms with Crippen molar-refractivity contribution >= 4 is 0 Å². The molecule has 3 saturated carbocycles. The van der Waals surface area contributed by atoms with Crippen molar-refractivity contribution in [2.24, 2.45) is 22.7 Å². The molecule has 0 aromatic carbocycles. The highest BCUT2D eigenvalue weighted by molar-refractivity contribution is 5.32. The molecule has 0 spiro atoms. The quantitative estimate of drug-likeness (QED) is 0.179. The van der Waals surface area contributed by atoms with Gasteiger partial charge in [-0.2, -0.15) is 0 Å². The van der Waals surface area contributed by atoms with Crippen LogP contribution in [0.4, 0.5) is 0 Å². The van der Waals surface area contributed by atoms with Crippen LogP contribution >= 0.6 is 0 Å². The first-order valence-corrected chi connectivity index (χ1v) is 18.0. The number of aliphatic hydroxyl groups excluding tert-OH is 7. The number of rotatable bonds is 6. The minimum atomic E-state index is -1.68.